The van der Waals surface area contributed by atoms with E-state index in [9.17, 15) is 9.59 Å². The molecule has 0 unspecified atom stereocenters. The van der Waals surface area contributed by atoms with E-state index in [2.05, 4.69) is 5.32 Å². The van der Waals surface area contributed by atoms with Crippen molar-refractivity contribution in [1.29, 1.82) is 0 Å². The Bertz CT molecular complexity index is 511. The molecule has 0 radical (unpaired) electrons. The Morgan fingerprint density at radius 1 is 1.25 bits per heavy atom. The molecule has 110 valence electrons. The maximum absolute atomic E-state index is 11.7. The first kappa shape index (κ1) is 16.0. The van der Waals surface area contributed by atoms with Crippen LogP contribution in [0.2, 0.25) is 0 Å². The second-order valence-corrected chi connectivity index (χ2v) is 5.01. The van der Waals surface area contributed by atoms with E-state index in [0.29, 0.717) is 5.75 Å². The summed E-state index contributed by atoms with van der Waals surface area (Å²) in [6.45, 7) is 7.39. The maximum atomic E-state index is 11.7. The van der Waals surface area contributed by atoms with E-state index in [0.717, 1.165) is 16.7 Å². The molecule has 0 aliphatic carbocycles. The fourth-order valence-corrected chi connectivity index (χ4v) is 1.91. The molecule has 0 heterocycles. The van der Waals surface area contributed by atoms with Crippen LogP contribution in [0.3, 0.4) is 0 Å². The quantitative estimate of drug-likeness (QED) is 0.834. The van der Waals surface area contributed by atoms with Crippen LogP contribution in [0.4, 0.5) is 0 Å². The molecule has 20 heavy (non-hydrogen) atoms. The number of hydrogen-bond acceptors (Lipinski definition) is 3. The highest BCUT2D eigenvalue weighted by molar-refractivity contribution is 5.78. The third-order valence-electron chi connectivity index (χ3n) is 3.11. The fraction of sp³-hybridized carbons (Fsp3) is 0.467. The molecule has 0 saturated heterocycles. The summed E-state index contributed by atoms with van der Waals surface area (Å²) in [4.78, 5) is 22.2. The van der Waals surface area contributed by atoms with Crippen molar-refractivity contribution in [2.24, 2.45) is 0 Å². The largest absolute Gasteiger partial charge is 0.483 e. The zero-order valence-corrected chi connectivity index (χ0v) is 12.3. The minimum atomic E-state index is -0.941. The molecule has 0 fully saturated rings. The maximum Gasteiger partial charge on any atom is 0.305 e. The first-order valence-corrected chi connectivity index (χ1v) is 6.52. The lowest BCUT2D eigenvalue weighted by atomic mass is 10.1. The van der Waals surface area contributed by atoms with Crippen molar-refractivity contribution in [1.82, 2.24) is 5.32 Å². The van der Waals surface area contributed by atoms with Crippen LogP contribution in [0.15, 0.2) is 12.1 Å². The Morgan fingerprint density at radius 3 is 2.45 bits per heavy atom. The summed E-state index contributed by atoms with van der Waals surface area (Å²) in [5.41, 5.74) is 3.08. The Kier molecular flexibility index (Phi) is 5.55. The number of carbonyl (C=O) groups excluding carboxylic acids is 1. The van der Waals surface area contributed by atoms with Crippen molar-refractivity contribution in [3.05, 3.63) is 28.8 Å². The van der Waals surface area contributed by atoms with E-state index in [1.807, 2.05) is 32.9 Å². The van der Waals surface area contributed by atoms with Crippen LogP contribution in [0.5, 0.6) is 5.75 Å². The summed E-state index contributed by atoms with van der Waals surface area (Å²) in [5.74, 6) is -0.547. The van der Waals surface area contributed by atoms with Crippen LogP contribution in [0.25, 0.3) is 0 Å². The van der Waals surface area contributed by atoms with Gasteiger partial charge in [-0.05, 0) is 44.4 Å². The molecule has 2 N–H and O–H groups in total. The van der Waals surface area contributed by atoms with Crippen LogP contribution in [-0.2, 0) is 9.59 Å². The van der Waals surface area contributed by atoms with E-state index < -0.39 is 12.0 Å². The number of aryl methyl sites for hydroxylation is 2. The first-order chi connectivity index (χ1) is 9.31. The molecule has 0 spiro atoms. The average molecular weight is 279 g/mol. The minimum Gasteiger partial charge on any atom is -0.483 e. The van der Waals surface area contributed by atoms with E-state index in [-0.39, 0.29) is 18.9 Å². The molecule has 1 aromatic rings. The average Bonchev–Trinajstić information content (AvgIpc) is 2.33. The van der Waals surface area contributed by atoms with Gasteiger partial charge in [0, 0.05) is 6.04 Å². The zero-order chi connectivity index (χ0) is 15.3. The summed E-state index contributed by atoms with van der Waals surface area (Å²) in [6.07, 6.45) is -0.103. The van der Waals surface area contributed by atoms with Gasteiger partial charge in [0.25, 0.3) is 5.91 Å². The molecule has 5 nitrogen and oxygen atoms in total. The van der Waals surface area contributed by atoms with Gasteiger partial charge in [0.05, 0.1) is 6.42 Å². The number of rotatable bonds is 6. The summed E-state index contributed by atoms with van der Waals surface area (Å²) in [6, 6.07) is 3.54. The highest BCUT2D eigenvalue weighted by Crippen LogP contribution is 2.25. The van der Waals surface area contributed by atoms with Gasteiger partial charge in [-0.3, -0.25) is 9.59 Å². The molecular formula is C15H21NO4. The van der Waals surface area contributed by atoms with Crippen LogP contribution >= 0.6 is 0 Å². The number of carboxylic acids is 1. The monoisotopic (exact) mass is 279 g/mol. The predicted molar refractivity (Wildman–Crippen MR) is 76.0 cm³/mol. The lowest BCUT2D eigenvalue weighted by molar-refractivity contribution is -0.137. The highest BCUT2D eigenvalue weighted by atomic mass is 16.5. The van der Waals surface area contributed by atoms with Gasteiger partial charge in [-0.25, -0.2) is 0 Å². The van der Waals surface area contributed by atoms with Gasteiger partial charge in [0.15, 0.2) is 6.61 Å². The van der Waals surface area contributed by atoms with Gasteiger partial charge < -0.3 is 15.2 Å². The number of nitrogens with one attached hydrogen (secondary N) is 1. The van der Waals surface area contributed by atoms with Crippen LogP contribution < -0.4 is 10.1 Å². The third-order valence-corrected chi connectivity index (χ3v) is 3.11. The smallest absolute Gasteiger partial charge is 0.305 e. The standard InChI is InChI=1S/C15H21NO4/c1-9-5-6-10(2)15(12(9)4)20-8-13(17)16-11(3)7-14(18)19/h5-6,11H,7-8H2,1-4H3,(H,16,17)(H,18,19)/t11-/m0/s1. The lowest BCUT2D eigenvalue weighted by Gasteiger charge is -2.15. The normalized spacial score (nSPS) is 11.8. The van der Waals surface area contributed by atoms with Gasteiger partial charge in [0.2, 0.25) is 0 Å². The molecule has 1 amide bonds. The van der Waals surface area contributed by atoms with E-state index in [4.69, 9.17) is 9.84 Å². The Hall–Kier alpha value is -2.04. The van der Waals surface area contributed by atoms with Crippen molar-refractivity contribution in [3.8, 4) is 5.75 Å². The predicted octanol–water partition coefficient (Wildman–Crippen LogP) is 1.97. The van der Waals surface area contributed by atoms with E-state index in [1.165, 1.54) is 0 Å². The second kappa shape index (κ2) is 6.93. The number of carbonyl (C=O) groups is 2. The Labute approximate surface area is 118 Å². The number of carboxylic acid groups (broad SMARTS) is 1. The van der Waals surface area contributed by atoms with Crippen molar-refractivity contribution in [3.63, 3.8) is 0 Å². The molecule has 0 saturated carbocycles. The Morgan fingerprint density at radius 2 is 1.85 bits per heavy atom. The van der Waals surface area contributed by atoms with E-state index >= 15 is 0 Å². The number of aliphatic carboxylic acids is 1. The first-order valence-electron chi connectivity index (χ1n) is 6.52. The molecule has 1 rings (SSSR count). The molecule has 0 aromatic heterocycles. The number of ether oxygens (including phenoxy) is 1. The van der Waals surface area contributed by atoms with Gasteiger partial charge in [-0.2, -0.15) is 0 Å². The van der Waals surface area contributed by atoms with Crippen LogP contribution in [0, 0.1) is 20.8 Å². The fourth-order valence-electron chi connectivity index (χ4n) is 1.91. The summed E-state index contributed by atoms with van der Waals surface area (Å²) >= 11 is 0. The number of hydrogen-bond donors (Lipinski definition) is 2. The topological polar surface area (TPSA) is 75.6 Å². The molecule has 0 aliphatic rings. The number of amides is 1. The van der Waals surface area contributed by atoms with Crippen molar-refractivity contribution in [2.45, 2.75) is 40.2 Å². The summed E-state index contributed by atoms with van der Waals surface area (Å²) < 4.78 is 5.56. The molecular weight excluding hydrogens is 258 g/mol. The Balaban J connectivity index is 2.57. The van der Waals surface area contributed by atoms with Crippen molar-refractivity contribution < 1.29 is 19.4 Å². The number of benzene rings is 1. The van der Waals surface area contributed by atoms with Gasteiger partial charge in [-0.1, -0.05) is 12.1 Å². The van der Waals surface area contributed by atoms with Gasteiger partial charge >= 0.3 is 5.97 Å². The molecule has 0 aliphatic heterocycles. The second-order valence-electron chi connectivity index (χ2n) is 5.01. The van der Waals surface area contributed by atoms with Crippen molar-refractivity contribution in [2.75, 3.05) is 6.61 Å². The summed E-state index contributed by atoms with van der Waals surface area (Å²) in [7, 11) is 0. The third kappa shape index (κ3) is 4.57. The highest BCUT2D eigenvalue weighted by Gasteiger charge is 2.13. The molecule has 5 heteroatoms. The zero-order valence-electron chi connectivity index (χ0n) is 12.3. The molecule has 0 bridgehead atoms. The molecule has 1 atom stereocenters. The minimum absolute atomic E-state index is 0.103. The van der Waals surface area contributed by atoms with Crippen molar-refractivity contribution >= 4 is 11.9 Å². The van der Waals surface area contributed by atoms with E-state index in [1.54, 1.807) is 6.92 Å². The van der Waals surface area contributed by atoms with Gasteiger partial charge in [-0.15, -0.1) is 0 Å². The molecule has 1 aromatic carbocycles. The summed E-state index contributed by atoms with van der Waals surface area (Å²) in [5, 5.41) is 11.2. The van der Waals surface area contributed by atoms with Gasteiger partial charge in [0.1, 0.15) is 5.75 Å². The lowest BCUT2D eigenvalue weighted by Crippen LogP contribution is -2.37. The van der Waals surface area contributed by atoms with Crippen LogP contribution in [-0.4, -0.2) is 29.6 Å². The SMILES string of the molecule is Cc1ccc(C)c(OCC(=O)N[C@@H](C)CC(=O)O)c1C. The van der Waals surface area contributed by atoms with Crippen LogP contribution in [0.1, 0.15) is 30.0 Å².